The average molecular weight is 597 g/mol. The lowest BCUT2D eigenvalue weighted by Gasteiger charge is -2.43. The summed E-state index contributed by atoms with van der Waals surface area (Å²) in [5.41, 5.74) is -3.35. The molecule has 2 heterocycles. The Bertz CT molecular complexity index is 1420. The Hall–Kier alpha value is -4.23. The summed E-state index contributed by atoms with van der Waals surface area (Å²) in [6.45, 7) is 3.14. The van der Waals surface area contributed by atoms with Gasteiger partial charge in [0, 0.05) is 31.9 Å². The first-order valence-corrected chi connectivity index (χ1v) is 13.0. The number of carbonyl (C=O) groups excluding carboxylic acids is 4. The number of likely N-dealkylation sites (tertiary alicyclic amines) is 1. The molecule has 226 valence electrons. The number of anilines is 1. The van der Waals surface area contributed by atoms with Gasteiger partial charge in [-0.25, -0.2) is 13.6 Å². The molecule has 1 atom stereocenters. The molecule has 4 rings (SSSR count). The predicted octanol–water partition coefficient (Wildman–Crippen LogP) is 4.21. The van der Waals surface area contributed by atoms with E-state index in [1.165, 1.54) is 36.1 Å². The van der Waals surface area contributed by atoms with Crippen molar-refractivity contribution in [3.05, 3.63) is 59.2 Å². The Kier molecular flexibility index (Phi) is 8.20. The number of rotatable bonds is 6. The number of carbonyl (C=O) groups is 4. The van der Waals surface area contributed by atoms with Crippen LogP contribution in [0.3, 0.4) is 0 Å². The minimum absolute atomic E-state index is 0.0116. The van der Waals surface area contributed by atoms with Crippen LogP contribution in [-0.2, 0) is 15.8 Å². The van der Waals surface area contributed by atoms with Crippen LogP contribution in [0.5, 0.6) is 5.75 Å². The van der Waals surface area contributed by atoms with Gasteiger partial charge in [-0.1, -0.05) is 13.8 Å². The first-order valence-electron chi connectivity index (χ1n) is 13.0. The zero-order chi connectivity index (χ0) is 31.1. The molecular weight excluding hydrogens is 567 g/mol. The van der Waals surface area contributed by atoms with Crippen molar-refractivity contribution in [2.45, 2.75) is 44.4 Å². The van der Waals surface area contributed by atoms with E-state index in [9.17, 15) is 41.1 Å². The molecule has 0 aliphatic carbocycles. The number of piperidine rings is 1. The van der Waals surface area contributed by atoms with Crippen molar-refractivity contribution >= 4 is 29.4 Å². The molecule has 1 N–H and O–H groups in total. The van der Waals surface area contributed by atoms with E-state index in [0.717, 1.165) is 11.0 Å². The second-order valence-corrected chi connectivity index (χ2v) is 10.5. The Balaban J connectivity index is 1.54. The lowest BCUT2D eigenvalue weighted by molar-refractivity contribution is -0.139. The smallest absolute Gasteiger partial charge is 0.416 e. The van der Waals surface area contributed by atoms with Crippen molar-refractivity contribution in [2.24, 2.45) is 5.92 Å². The minimum Gasteiger partial charge on any atom is -0.494 e. The van der Waals surface area contributed by atoms with E-state index in [2.05, 4.69) is 5.32 Å². The molecule has 1 spiro atoms. The van der Waals surface area contributed by atoms with Gasteiger partial charge in [0.1, 0.15) is 17.4 Å². The van der Waals surface area contributed by atoms with Crippen LogP contribution in [0.4, 0.5) is 32.4 Å². The molecule has 2 saturated heterocycles. The topological polar surface area (TPSA) is 99.3 Å². The van der Waals surface area contributed by atoms with Crippen LogP contribution in [0.25, 0.3) is 0 Å². The second kappa shape index (κ2) is 11.2. The van der Waals surface area contributed by atoms with Crippen molar-refractivity contribution in [3.8, 4) is 5.75 Å². The van der Waals surface area contributed by atoms with Crippen molar-refractivity contribution in [1.29, 1.82) is 0 Å². The molecule has 5 amide bonds. The normalized spacial score (nSPS) is 17.7. The van der Waals surface area contributed by atoms with E-state index in [-0.39, 0.29) is 37.4 Å². The van der Waals surface area contributed by atoms with E-state index in [1.54, 1.807) is 13.8 Å². The maximum Gasteiger partial charge on any atom is 0.416 e. The number of alkyl halides is 3. The number of hydrogen-bond donors (Lipinski definition) is 1. The number of ether oxygens (including phenoxy) is 1. The molecule has 0 saturated carbocycles. The zero-order valence-corrected chi connectivity index (χ0v) is 23.2. The third-order valence-corrected chi connectivity index (χ3v) is 7.66. The fourth-order valence-corrected chi connectivity index (χ4v) is 5.32. The van der Waals surface area contributed by atoms with Gasteiger partial charge in [0.2, 0.25) is 5.91 Å². The number of hydrogen-bond acceptors (Lipinski definition) is 5. The molecule has 0 bridgehead atoms. The van der Waals surface area contributed by atoms with Crippen LogP contribution >= 0.6 is 0 Å². The lowest BCUT2D eigenvalue weighted by Crippen LogP contribution is -2.60. The van der Waals surface area contributed by atoms with Crippen molar-refractivity contribution < 1.29 is 45.9 Å². The Morgan fingerprint density at radius 2 is 1.64 bits per heavy atom. The van der Waals surface area contributed by atoms with Gasteiger partial charge in [-0.3, -0.25) is 24.2 Å². The number of methoxy groups -OCH3 is 1. The fraction of sp³-hybridized carbons (Fsp3) is 0.429. The first-order chi connectivity index (χ1) is 19.6. The molecular formula is C28H29F5N4O5. The number of urea groups is 1. The van der Waals surface area contributed by atoms with Crippen LogP contribution in [0.1, 0.15) is 42.6 Å². The third-order valence-electron chi connectivity index (χ3n) is 7.66. The van der Waals surface area contributed by atoms with Crippen LogP contribution in [0.2, 0.25) is 0 Å². The summed E-state index contributed by atoms with van der Waals surface area (Å²) in [7, 11) is 2.59. The van der Waals surface area contributed by atoms with Gasteiger partial charge >= 0.3 is 12.2 Å². The van der Waals surface area contributed by atoms with Crippen molar-refractivity contribution in [3.63, 3.8) is 0 Å². The Labute approximate surface area is 238 Å². The third kappa shape index (κ3) is 5.37. The quantitative estimate of drug-likeness (QED) is 0.398. The Morgan fingerprint density at radius 3 is 2.19 bits per heavy atom. The first kappa shape index (κ1) is 30.7. The molecule has 0 radical (unpaired) electrons. The van der Waals surface area contributed by atoms with Gasteiger partial charge in [0.15, 0.2) is 11.6 Å². The highest BCUT2D eigenvalue weighted by Gasteiger charge is 2.58. The lowest BCUT2D eigenvalue weighted by atomic mass is 9.85. The summed E-state index contributed by atoms with van der Waals surface area (Å²) in [6.07, 6.45) is -4.83. The number of imide groups is 1. The van der Waals surface area contributed by atoms with Gasteiger partial charge < -0.3 is 15.0 Å². The van der Waals surface area contributed by atoms with E-state index in [1.807, 2.05) is 0 Å². The highest BCUT2D eigenvalue weighted by Crippen LogP contribution is 2.41. The molecule has 2 aromatic rings. The predicted molar refractivity (Wildman–Crippen MR) is 140 cm³/mol. The number of nitrogens with zero attached hydrogens (tertiary/aromatic N) is 3. The monoisotopic (exact) mass is 596 g/mol. The molecule has 14 heteroatoms. The summed E-state index contributed by atoms with van der Waals surface area (Å²) in [5.74, 6) is -4.81. The zero-order valence-electron chi connectivity index (χ0n) is 23.2. The van der Waals surface area contributed by atoms with E-state index in [0.29, 0.717) is 18.2 Å². The van der Waals surface area contributed by atoms with Gasteiger partial charge in [0.25, 0.3) is 11.8 Å². The SMILES string of the molecule is COc1ccc(N2C(=O)N(C)C(=O)C23CCN(C(=O)[C@H](NC(=O)c2cc(C(F)(F)F)ccc2F)C(C)C)CC3)cc1F. The van der Waals surface area contributed by atoms with Crippen LogP contribution < -0.4 is 15.0 Å². The molecule has 0 aromatic heterocycles. The van der Waals surface area contributed by atoms with E-state index >= 15 is 0 Å². The number of halogens is 5. The number of likely N-dealkylation sites (N-methyl/N-ethyl adjacent to an activating group) is 1. The molecule has 42 heavy (non-hydrogen) atoms. The number of benzene rings is 2. The van der Waals surface area contributed by atoms with Crippen molar-refractivity contribution in [2.75, 3.05) is 32.1 Å². The van der Waals surface area contributed by atoms with Gasteiger partial charge in [0.05, 0.1) is 18.2 Å². The van der Waals surface area contributed by atoms with E-state index in [4.69, 9.17) is 4.74 Å². The van der Waals surface area contributed by atoms with Crippen LogP contribution in [0, 0.1) is 17.6 Å². The van der Waals surface area contributed by atoms with E-state index < -0.39 is 70.2 Å². The maximum absolute atomic E-state index is 14.5. The summed E-state index contributed by atoms with van der Waals surface area (Å²) >= 11 is 0. The molecule has 2 aliphatic heterocycles. The fourth-order valence-electron chi connectivity index (χ4n) is 5.32. The largest absolute Gasteiger partial charge is 0.494 e. The number of nitrogens with one attached hydrogen (secondary N) is 1. The summed E-state index contributed by atoms with van der Waals surface area (Å²) in [4.78, 5) is 56.2. The molecule has 2 aliphatic rings. The Morgan fingerprint density at radius 1 is 1.00 bits per heavy atom. The van der Waals surface area contributed by atoms with Gasteiger partial charge in [-0.05, 0) is 49.1 Å². The minimum atomic E-state index is -4.81. The van der Waals surface area contributed by atoms with Crippen molar-refractivity contribution in [1.82, 2.24) is 15.1 Å². The maximum atomic E-state index is 14.5. The summed E-state index contributed by atoms with van der Waals surface area (Å²) in [5, 5.41) is 2.35. The molecule has 2 aromatic carbocycles. The average Bonchev–Trinajstić information content (AvgIpc) is 3.11. The highest BCUT2D eigenvalue weighted by atomic mass is 19.4. The van der Waals surface area contributed by atoms with Gasteiger partial charge in [-0.15, -0.1) is 0 Å². The highest BCUT2D eigenvalue weighted by molar-refractivity contribution is 6.16. The van der Waals surface area contributed by atoms with Gasteiger partial charge in [-0.2, -0.15) is 13.2 Å². The second-order valence-electron chi connectivity index (χ2n) is 10.5. The standard InChI is InChI=1S/C28H29F5N4O5/c1-15(2)22(34-23(38)18-13-16(28(31,32)33)5-7-19(18)29)24(39)36-11-9-27(10-12-36)25(40)35(3)26(41)37(27)17-6-8-21(42-4)20(30)14-17/h5-8,13-15,22H,9-12H2,1-4H3,(H,34,38)/t22-/m1/s1. The summed E-state index contributed by atoms with van der Waals surface area (Å²) < 4.78 is 73.1. The molecule has 2 fully saturated rings. The van der Waals surface area contributed by atoms with Crippen LogP contribution in [0.15, 0.2) is 36.4 Å². The molecule has 0 unspecified atom stereocenters. The molecule has 9 nitrogen and oxygen atoms in total. The van der Waals surface area contributed by atoms with Crippen LogP contribution in [-0.4, -0.2) is 72.4 Å². The number of amides is 5. The summed E-state index contributed by atoms with van der Waals surface area (Å²) in [6, 6.07) is 3.39.